The minimum Gasteiger partial charge on any atom is -0.398 e. The number of hydrogen-bond donors (Lipinski definition) is 4. The molecule has 3 aromatic rings. The summed E-state index contributed by atoms with van der Waals surface area (Å²) in [5, 5.41) is 14.0. The summed E-state index contributed by atoms with van der Waals surface area (Å²) in [5.41, 5.74) is 9.00. The van der Waals surface area contributed by atoms with Crippen LogP contribution in [0.15, 0.2) is 55.0 Å². The lowest BCUT2D eigenvalue weighted by atomic mass is 10.00. The summed E-state index contributed by atoms with van der Waals surface area (Å²) in [6.45, 7) is 1.46. The summed E-state index contributed by atoms with van der Waals surface area (Å²) in [6, 6.07) is 10.0. The van der Waals surface area contributed by atoms with Gasteiger partial charge in [-0.05, 0) is 61.6 Å². The molecule has 2 aliphatic rings. The Balaban J connectivity index is 1.28. The SMILES string of the molecule is N=C(C(=O)Nc1ccc(C(=O)N2CCCC2)nc1)c1cc(-c2cncc(NC(=O)C3CC3)c2)ccc1N. The van der Waals surface area contributed by atoms with Crippen LogP contribution in [0.3, 0.4) is 0 Å². The van der Waals surface area contributed by atoms with Crippen molar-refractivity contribution in [3.8, 4) is 11.1 Å². The second-order valence-corrected chi connectivity index (χ2v) is 9.29. The fourth-order valence-electron chi connectivity index (χ4n) is 4.20. The predicted molar refractivity (Wildman–Crippen MR) is 140 cm³/mol. The number of pyridine rings is 2. The van der Waals surface area contributed by atoms with Crippen molar-refractivity contribution in [1.29, 1.82) is 5.41 Å². The van der Waals surface area contributed by atoms with Gasteiger partial charge >= 0.3 is 0 Å². The maximum absolute atomic E-state index is 12.8. The number of nitrogens with two attached hydrogens (primary N) is 1. The fourth-order valence-corrected chi connectivity index (χ4v) is 4.20. The number of anilines is 3. The van der Waals surface area contributed by atoms with E-state index in [4.69, 9.17) is 11.1 Å². The molecule has 37 heavy (non-hydrogen) atoms. The van der Waals surface area contributed by atoms with Crippen molar-refractivity contribution in [1.82, 2.24) is 14.9 Å². The molecule has 3 amide bonds. The van der Waals surface area contributed by atoms with E-state index in [1.54, 1.807) is 53.7 Å². The highest BCUT2D eigenvalue weighted by Gasteiger charge is 2.29. The Hall–Kier alpha value is -4.60. The molecule has 10 nitrogen and oxygen atoms in total. The van der Waals surface area contributed by atoms with Crippen LogP contribution in [0.5, 0.6) is 0 Å². The normalized spacial score (nSPS) is 14.8. The first-order valence-electron chi connectivity index (χ1n) is 12.2. The van der Waals surface area contributed by atoms with Crippen LogP contribution >= 0.6 is 0 Å². The minimum absolute atomic E-state index is 0.0154. The highest BCUT2D eigenvalue weighted by Crippen LogP contribution is 2.31. The molecule has 188 valence electrons. The van der Waals surface area contributed by atoms with Crippen molar-refractivity contribution < 1.29 is 14.4 Å². The van der Waals surface area contributed by atoms with Crippen molar-refractivity contribution in [2.45, 2.75) is 25.7 Å². The third-order valence-corrected chi connectivity index (χ3v) is 6.47. The van der Waals surface area contributed by atoms with Gasteiger partial charge in [0.2, 0.25) is 5.91 Å². The number of carbonyl (C=O) groups is 3. The quantitative estimate of drug-likeness (QED) is 0.290. The number of rotatable bonds is 7. The van der Waals surface area contributed by atoms with E-state index in [1.807, 2.05) is 0 Å². The van der Waals surface area contributed by atoms with Gasteiger partial charge < -0.3 is 21.3 Å². The van der Waals surface area contributed by atoms with Gasteiger partial charge in [0.15, 0.2) is 0 Å². The van der Waals surface area contributed by atoms with Crippen LogP contribution in [0.2, 0.25) is 0 Å². The summed E-state index contributed by atoms with van der Waals surface area (Å²) in [7, 11) is 0. The number of benzene rings is 1. The van der Waals surface area contributed by atoms with Crippen LogP contribution in [-0.4, -0.2) is 51.4 Å². The number of aromatic nitrogens is 2. The van der Waals surface area contributed by atoms with Gasteiger partial charge in [-0.3, -0.25) is 24.8 Å². The Labute approximate surface area is 213 Å². The zero-order valence-electron chi connectivity index (χ0n) is 20.2. The van der Waals surface area contributed by atoms with Crippen molar-refractivity contribution in [3.63, 3.8) is 0 Å². The Bertz CT molecular complexity index is 1380. The zero-order valence-corrected chi connectivity index (χ0v) is 20.2. The average molecular weight is 498 g/mol. The lowest BCUT2D eigenvalue weighted by molar-refractivity contribution is -0.117. The molecule has 0 spiro atoms. The number of amides is 3. The smallest absolute Gasteiger partial charge is 0.274 e. The molecular formula is C27H27N7O3. The van der Waals surface area contributed by atoms with Gasteiger partial charge in [0.25, 0.3) is 11.8 Å². The lowest BCUT2D eigenvalue weighted by Gasteiger charge is -2.14. The van der Waals surface area contributed by atoms with Gasteiger partial charge in [-0.1, -0.05) is 6.07 Å². The van der Waals surface area contributed by atoms with E-state index in [9.17, 15) is 14.4 Å². The van der Waals surface area contributed by atoms with Crippen molar-refractivity contribution in [2.75, 3.05) is 29.5 Å². The summed E-state index contributed by atoms with van der Waals surface area (Å²) in [6.07, 6.45) is 8.42. The molecule has 1 saturated carbocycles. The van der Waals surface area contributed by atoms with Gasteiger partial charge in [0, 0.05) is 42.0 Å². The van der Waals surface area contributed by atoms with E-state index in [0.717, 1.165) is 38.8 Å². The second-order valence-electron chi connectivity index (χ2n) is 9.29. The van der Waals surface area contributed by atoms with E-state index in [0.29, 0.717) is 28.2 Å². The summed E-state index contributed by atoms with van der Waals surface area (Å²) in [5.74, 6) is -0.729. The van der Waals surface area contributed by atoms with Crippen LogP contribution in [0.4, 0.5) is 17.1 Å². The third-order valence-electron chi connectivity index (χ3n) is 6.47. The molecule has 0 atom stereocenters. The molecule has 0 radical (unpaired) electrons. The largest absolute Gasteiger partial charge is 0.398 e. The average Bonchev–Trinajstić information content (AvgIpc) is 3.63. The van der Waals surface area contributed by atoms with E-state index in [2.05, 4.69) is 20.6 Å². The van der Waals surface area contributed by atoms with E-state index in [1.165, 1.54) is 6.20 Å². The molecule has 1 saturated heterocycles. The van der Waals surface area contributed by atoms with Crippen molar-refractivity contribution in [3.05, 3.63) is 66.2 Å². The van der Waals surface area contributed by atoms with E-state index < -0.39 is 5.91 Å². The van der Waals surface area contributed by atoms with E-state index in [-0.39, 0.29) is 34.7 Å². The van der Waals surface area contributed by atoms with Crippen LogP contribution in [-0.2, 0) is 9.59 Å². The molecule has 3 heterocycles. The predicted octanol–water partition coefficient (Wildman–Crippen LogP) is 3.32. The Morgan fingerprint density at radius 3 is 2.41 bits per heavy atom. The minimum atomic E-state index is -0.659. The maximum atomic E-state index is 12.8. The van der Waals surface area contributed by atoms with Crippen molar-refractivity contribution >= 4 is 40.5 Å². The number of carbonyl (C=O) groups excluding carboxylic acids is 3. The Kier molecular flexibility index (Phi) is 6.63. The third kappa shape index (κ3) is 5.48. The lowest BCUT2D eigenvalue weighted by Crippen LogP contribution is -2.28. The first-order valence-corrected chi connectivity index (χ1v) is 12.2. The zero-order chi connectivity index (χ0) is 25.9. The molecule has 1 aromatic carbocycles. The fraction of sp³-hybridized carbons (Fsp3) is 0.259. The molecule has 10 heteroatoms. The second kappa shape index (κ2) is 10.2. The molecule has 0 unspecified atom stereocenters. The first kappa shape index (κ1) is 24.1. The van der Waals surface area contributed by atoms with Gasteiger partial charge in [0.1, 0.15) is 11.4 Å². The van der Waals surface area contributed by atoms with E-state index >= 15 is 0 Å². The number of nitrogens with one attached hydrogen (secondary N) is 3. The van der Waals surface area contributed by atoms with Gasteiger partial charge in [-0.2, -0.15) is 0 Å². The summed E-state index contributed by atoms with van der Waals surface area (Å²) in [4.78, 5) is 47.6. The molecule has 5 N–H and O–H groups in total. The van der Waals surface area contributed by atoms with Crippen LogP contribution < -0.4 is 16.4 Å². The van der Waals surface area contributed by atoms with Crippen LogP contribution in [0, 0.1) is 11.3 Å². The molecule has 0 bridgehead atoms. The van der Waals surface area contributed by atoms with Crippen LogP contribution in [0.25, 0.3) is 11.1 Å². The maximum Gasteiger partial charge on any atom is 0.274 e. The molecular weight excluding hydrogens is 470 g/mol. The Morgan fingerprint density at radius 1 is 0.919 bits per heavy atom. The highest BCUT2D eigenvalue weighted by molar-refractivity contribution is 6.48. The monoisotopic (exact) mass is 497 g/mol. The molecule has 5 rings (SSSR count). The number of hydrogen-bond acceptors (Lipinski definition) is 7. The number of nitrogens with zero attached hydrogens (tertiary/aromatic N) is 3. The summed E-state index contributed by atoms with van der Waals surface area (Å²) < 4.78 is 0. The molecule has 1 aliphatic heterocycles. The number of likely N-dealkylation sites (tertiary alicyclic amines) is 1. The van der Waals surface area contributed by atoms with Gasteiger partial charge in [-0.25, -0.2) is 4.98 Å². The van der Waals surface area contributed by atoms with Gasteiger partial charge in [0.05, 0.1) is 23.8 Å². The highest BCUT2D eigenvalue weighted by atomic mass is 16.2. The molecule has 2 aromatic heterocycles. The van der Waals surface area contributed by atoms with Gasteiger partial charge in [-0.15, -0.1) is 0 Å². The first-order chi connectivity index (χ1) is 17.9. The standard InChI is InChI=1S/C27H27N7O3/c28-22-7-5-17(18-11-20(14-30-13-18)33-25(35)16-3-4-16)12-21(22)24(29)26(36)32-19-6-8-23(31-15-19)27(37)34-9-1-2-10-34/h5-8,11-16,29H,1-4,9-10,28H2,(H,32,36)(H,33,35). The van der Waals surface area contributed by atoms with Crippen molar-refractivity contribution in [2.24, 2.45) is 5.92 Å². The Morgan fingerprint density at radius 2 is 1.70 bits per heavy atom. The topological polar surface area (TPSA) is 154 Å². The number of nitrogen functional groups attached to an aromatic ring is 1. The summed E-state index contributed by atoms with van der Waals surface area (Å²) >= 11 is 0. The molecule has 2 fully saturated rings. The van der Waals surface area contributed by atoms with Crippen LogP contribution in [0.1, 0.15) is 41.7 Å². The molecule has 1 aliphatic carbocycles.